The molecule has 20 heavy (non-hydrogen) atoms. The number of nitro groups is 1. The van der Waals surface area contributed by atoms with Gasteiger partial charge in [-0.3, -0.25) is 10.1 Å². The van der Waals surface area contributed by atoms with Crippen LogP contribution >= 0.6 is 23.4 Å². The molecule has 104 valence electrons. The highest BCUT2D eigenvalue weighted by molar-refractivity contribution is 7.98. The molecule has 0 aliphatic heterocycles. The minimum atomic E-state index is -0.404. The van der Waals surface area contributed by atoms with Gasteiger partial charge in [-0.15, -0.1) is 11.8 Å². The maximum atomic E-state index is 10.8. The molecule has 0 fully saturated rings. The first-order valence-corrected chi connectivity index (χ1v) is 7.16. The van der Waals surface area contributed by atoms with Gasteiger partial charge in [0.05, 0.1) is 9.95 Å². The summed E-state index contributed by atoms with van der Waals surface area (Å²) < 4.78 is 0. The van der Waals surface area contributed by atoms with Crippen LogP contribution < -0.4 is 5.32 Å². The van der Waals surface area contributed by atoms with Gasteiger partial charge in [-0.2, -0.15) is 0 Å². The summed E-state index contributed by atoms with van der Waals surface area (Å²) in [5.74, 6) is 0.642. The number of anilines is 1. The molecular weight excluding hydrogens is 298 g/mol. The van der Waals surface area contributed by atoms with E-state index >= 15 is 0 Å². The zero-order valence-electron chi connectivity index (χ0n) is 10.7. The molecule has 2 rings (SSSR count). The van der Waals surface area contributed by atoms with Crippen molar-refractivity contribution < 1.29 is 4.92 Å². The third-order valence-electron chi connectivity index (χ3n) is 2.63. The Balaban J connectivity index is 2.15. The summed E-state index contributed by atoms with van der Waals surface area (Å²) in [5.41, 5.74) is 1.53. The highest BCUT2D eigenvalue weighted by atomic mass is 35.5. The minimum Gasteiger partial charge on any atom is -0.383 e. The first kappa shape index (κ1) is 14.6. The number of pyridine rings is 1. The molecule has 0 saturated carbocycles. The summed E-state index contributed by atoms with van der Waals surface area (Å²) in [6, 6.07) is 8.57. The lowest BCUT2D eigenvalue weighted by atomic mass is 10.2. The van der Waals surface area contributed by atoms with Crippen LogP contribution in [0.5, 0.6) is 0 Å². The van der Waals surface area contributed by atoms with Crippen LogP contribution in [0.25, 0.3) is 0 Å². The molecule has 2 aromatic rings. The van der Waals surface area contributed by atoms with Gasteiger partial charge in [0.2, 0.25) is 0 Å². The number of rotatable bonds is 5. The fourth-order valence-corrected chi connectivity index (χ4v) is 2.77. The molecule has 1 heterocycles. The third kappa shape index (κ3) is 3.40. The van der Waals surface area contributed by atoms with Crippen LogP contribution in [0.3, 0.4) is 0 Å². The Morgan fingerprint density at radius 1 is 1.45 bits per heavy atom. The summed E-state index contributed by atoms with van der Waals surface area (Å²) in [6.45, 7) is 0. The Bertz CT molecular complexity index is 637. The number of aromatic nitrogens is 1. The Morgan fingerprint density at radius 2 is 2.25 bits per heavy atom. The second-order valence-corrected chi connectivity index (χ2v) is 5.31. The van der Waals surface area contributed by atoms with Crippen molar-refractivity contribution in [1.29, 1.82) is 0 Å². The van der Waals surface area contributed by atoms with Crippen molar-refractivity contribution in [3.63, 3.8) is 0 Å². The zero-order chi connectivity index (χ0) is 14.5. The monoisotopic (exact) mass is 309 g/mol. The van der Waals surface area contributed by atoms with Gasteiger partial charge < -0.3 is 5.32 Å². The molecule has 0 aliphatic rings. The first-order chi connectivity index (χ1) is 9.61. The van der Waals surface area contributed by atoms with Crippen LogP contribution in [0.15, 0.2) is 41.6 Å². The van der Waals surface area contributed by atoms with E-state index < -0.39 is 4.92 Å². The molecule has 5 nitrogen and oxygen atoms in total. The van der Waals surface area contributed by atoms with Crippen LogP contribution in [0.2, 0.25) is 5.02 Å². The predicted octanol–water partition coefficient (Wildman–Crippen LogP) is 3.98. The molecule has 0 bridgehead atoms. The maximum Gasteiger partial charge on any atom is 0.292 e. The summed E-state index contributed by atoms with van der Waals surface area (Å²) >= 11 is 7.52. The van der Waals surface area contributed by atoms with Gasteiger partial charge >= 0.3 is 0 Å². The van der Waals surface area contributed by atoms with Crippen molar-refractivity contribution in [3.05, 3.63) is 57.2 Å². The van der Waals surface area contributed by atoms with E-state index in [9.17, 15) is 10.1 Å². The van der Waals surface area contributed by atoms with Crippen LogP contribution in [0, 0.1) is 10.1 Å². The Morgan fingerprint density at radius 3 is 2.90 bits per heavy atom. The highest BCUT2D eigenvalue weighted by Crippen LogP contribution is 2.30. The van der Waals surface area contributed by atoms with Crippen molar-refractivity contribution in [2.24, 2.45) is 0 Å². The van der Waals surface area contributed by atoms with Gasteiger partial charge in [0.25, 0.3) is 5.69 Å². The topological polar surface area (TPSA) is 68.1 Å². The summed E-state index contributed by atoms with van der Waals surface area (Å²) in [6.07, 6.45) is 1.68. The quantitative estimate of drug-likeness (QED) is 0.514. The van der Waals surface area contributed by atoms with Crippen molar-refractivity contribution >= 4 is 34.7 Å². The third-order valence-corrected chi connectivity index (χ3v) is 4.12. The van der Waals surface area contributed by atoms with Gasteiger partial charge in [-0.1, -0.05) is 17.7 Å². The first-order valence-electron chi connectivity index (χ1n) is 5.80. The normalized spacial score (nSPS) is 10.3. The average Bonchev–Trinajstić information content (AvgIpc) is 2.46. The van der Waals surface area contributed by atoms with Gasteiger partial charge in [0.15, 0.2) is 0 Å². The zero-order valence-corrected chi connectivity index (χ0v) is 12.2. The summed E-state index contributed by atoms with van der Waals surface area (Å²) in [4.78, 5) is 14.6. The number of thioether (sulfide) groups is 1. The van der Waals surface area contributed by atoms with Crippen LogP contribution in [0.4, 0.5) is 11.4 Å². The van der Waals surface area contributed by atoms with Crippen molar-refractivity contribution in [1.82, 2.24) is 4.98 Å². The number of nitrogens with zero attached hydrogens (tertiary/aromatic N) is 2. The molecule has 1 aromatic carbocycles. The molecule has 7 heteroatoms. The second kappa shape index (κ2) is 6.58. The molecule has 0 amide bonds. The number of hydrogen-bond donors (Lipinski definition) is 1. The smallest absolute Gasteiger partial charge is 0.292 e. The van der Waals surface area contributed by atoms with Crippen LogP contribution in [-0.2, 0) is 5.75 Å². The van der Waals surface area contributed by atoms with Gasteiger partial charge in [0.1, 0.15) is 10.7 Å². The Labute approximate surface area is 125 Å². The lowest BCUT2D eigenvalue weighted by Gasteiger charge is -2.06. The van der Waals surface area contributed by atoms with Crippen LogP contribution in [-0.4, -0.2) is 17.0 Å². The fourth-order valence-electron chi connectivity index (χ4n) is 1.66. The van der Waals surface area contributed by atoms with Crippen molar-refractivity contribution in [2.75, 3.05) is 12.4 Å². The molecule has 1 N–H and O–H groups in total. The van der Waals surface area contributed by atoms with Gasteiger partial charge in [-0.25, -0.2) is 4.98 Å². The molecule has 0 unspecified atom stereocenters. The number of nitrogens with one attached hydrogen (secondary N) is 1. The highest BCUT2D eigenvalue weighted by Gasteiger charge is 2.13. The number of hydrogen-bond acceptors (Lipinski definition) is 5. The van der Waals surface area contributed by atoms with Crippen LogP contribution in [0.1, 0.15) is 5.56 Å². The molecule has 0 saturated heterocycles. The number of nitro benzene ring substituents is 1. The fraction of sp³-hybridized carbons (Fsp3) is 0.154. The Hall–Kier alpha value is -1.79. The maximum absolute atomic E-state index is 10.8. The molecule has 1 aromatic heterocycles. The summed E-state index contributed by atoms with van der Waals surface area (Å²) in [7, 11) is 1.66. The standard InChI is InChI=1S/C13H12ClN3O2S/c1-15-11-7-9(4-5-12(11)17(18)19)8-20-13-10(14)3-2-6-16-13/h2-7,15H,8H2,1H3. The van der Waals surface area contributed by atoms with E-state index in [1.54, 1.807) is 37.5 Å². The van der Waals surface area contributed by atoms with Crippen molar-refractivity contribution in [3.8, 4) is 0 Å². The Kier molecular flexibility index (Phi) is 4.81. The van der Waals surface area contributed by atoms with E-state index in [2.05, 4.69) is 10.3 Å². The largest absolute Gasteiger partial charge is 0.383 e. The molecular formula is C13H12ClN3O2S. The van der Waals surface area contributed by atoms with E-state index in [4.69, 9.17) is 11.6 Å². The van der Waals surface area contributed by atoms with E-state index in [1.807, 2.05) is 0 Å². The number of benzene rings is 1. The summed E-state index contributed by atoms with van der Waals surface area (Å²) in [5, 5.41) is 15.0. The average molecular weight is 310 g/mol. The van der Waals surface area contributed by atoms with Gasteiger partial charge in [-0.05, 0) is 23.8 Å². The van der Waals surface area contributed by atoms with E-state index in [-0.39, 0.29) is 5.69 Å². The lowest BCUT2D eigenvalue weighted by Crippen LogP contribution is -1.97. The van der Waals surface area contributed by atoms with Crippen molar-refractivity contribution in [2.45, 2.75) is 10.8 Å². The number of halogens is 1. The molecule has 0 atom stereocenters. The molecule has 0 spiro atoms. The lowest BCUT2D eigenvalue weighted by molar-refractivity contribution is -0.383. The van der Waals surface area contributed by atoms with E-state index in [0.717, 1.165) is 10.6 Å². The molecule has 0 aliphatic carbocycles. The van der Waals surface area contributed by atoms with E-state index in [1.165, 1.54) is 17.8 Å². The predicted molar refractivity (Wildman–Crippen MR) is 81.5 cm³/mol. The minimum absolute atomic E-state index is 0.0668. The SMILES string of the molecule is CNc1cc(CSc2ncccc2Cl)ccc1[N+](=O)[O-]. The van der Waals surface area contributed by atoms with E-state index in [0.29, 0.717) is 16.5 Å². The second-order valence-electron chi connectivity index (χ2n) is 3.94. The molecule has 0 radical (unpaired) electrons. The van der Waals surface area contributed by atoms with Gasteiger partial charge in [0, 0.05) is 25.1 Å².